The lowest BCUT2D eigenvalue weighted by Crippen LogP contribution is -2.21. The van der Waals surface area contributed by atoms with Crippen molar-refractivity contribution in [2.24, 2.45) is 0 Å². The summed E-state index contributed by atoms with van der Waals surface area (Å²) in [6.45, 7) is 8.50. The van der Waals surface area contributed by atoms with E-state index >= 15 is 0 Å². The van der Waals surface area contributed by atoms with Crippen LogP contribution in [0.25, 0.3) is 0 Å². The zero-order valence-electron chi connectivity index (χ0n) is 7.41. The minimum atomic E-state index is 1.12. The van der Waals surface area contributed by atoms with E-state index in [9.17, 15) is 0 Å². The van der Waals surface area contributed by atoms with Crippen LogP contribution in [0, 0.1) is 0 Å². The SMILES string of the molecule is CC.CCC1=CCCNC1. The standard InChI is InChI=1S/C7H13N.C2H6/c1-2-7-4-3-5-8-6-7;1-2/h4,8H,2-3,5-6H2,1H3;1-2H3. The van der Waals surface area contributed by atoms with Crippen molar-refractivity contribution in [1.29, 1.82) is 0 Å². The summed E-state index contributed by atoms with van der Waals surface area (Å²) < 4.78 is 0. The maximum atomic E-state index is 3.32. The molecule has 1 aliphatic heterocycles. The minimum absolute atomic E-state index is 1.12. The molecule has 1 heterocycles. The average Bonchev–Trinajstić information content (AvgIpc) is 2.10. The molecule has 0 saturated carbocycles. The third kappa shape index (κ3) is 3.67. The smallest absolute Gasteiger partial charge is 0.0164 e. The van der Waals surface area contributed by atoms with Crippen LogP contribution in [0.15, 0.2) is 11.6 Å². The fourth-order valence-corrected chi connectivity index (χ4v) is 0.969. The summed E-state index contributed by atoms with van der Waals surface area (Å²) in [5.74, 6) is 0. The maximum Gasteiger partial charge on any atom is 0.0164 e. The second kappa shape index (κ2) is 6.81. The Balaban J connectivity index is 0.000000371. The minimum Gasteiger partial charge on any atom is -0.313 e. The van der Waals surface area contributed by atoms with Crippen molar-refractivity contribution in [3.8, 4) is 0 Å². The molecule has 0 aromatic rings. The van der Waals surface area contributed by atoms with Crippen LogP contribution in [-0.2, 0) is 0 Å². The summed E-state index contributed by atoms with van der Waals surface area (Å²) in [5, 5.41) is 3.32. The first-order valence-electron chi connectivity index (χ1n) is 4.32. The fraction of sp³-hybridized carbons (Fsp3) is 0.778. The molecule has 1 aliphatic rings. The topological polar surface area (TPSA) is 12.0 Å². The zero-order valence-corrected chi connectivity index (χ0v) is 7.41. The van der Waals surface area contributed by atoms with Gasteiger partial charge in [-0.3, -0.25) is 0 Å². The quantitative estimate of drug-likeness (QED) is 0.553. The molecule has 0 aliphatic carbocycles. The van der Waals surface area contributed by atoms with Crippen LogP contribution < -0.4 is 5.32 Å². The Hall–Kier alpha value is -0.300. The van der Waals surface area contributed by atoms with Gasteiger partial charge in [0.25, 0.3) is 0 Å². The number of rotatable bonds is 1. The van der Waals surface area contributed by atoms with Crippen molar-refractivity contribution in [2.45, 2.75) is 33.6 Å². The Morgan fingerprint density at radius 1 is 1.50 bits per heavy atom. The van der Waals surface area contributed by atoms with Gasteiger partial charge in [-0.2, -0.15) is 0 Å². The first-order valence-corrected chi connectivity index (χ1v) is 4.32. The molecule has 0 saturated heterocycles. The van der Waals surface area contributed by atoms with Crippen LogP contribution in [0.4, 0.5) is 0 Å². The molecule has 0 bridgehead atoms. The Bertz CT molecular complexity index is 94.9. The van der Waals surface area contributed by atoms with Gasteiger partial charge in [0.15, 0.2) is 0 Å². The molecule has 0 fully saturated rings. The van der Waals surface area contributed by atoms with Crippen molar-refractivity contribution in [2.75, 3.05) is 13.1 Å². The molecule has 0 radical (unpaired) electrons. The summed E-state index contributed by atoms with van der Waals surface area (Å²) >= 11 is 0. The van der Waals surface area contributed by atoms with E-state index in [1.807, 2.05) is 13.8 Å². The molecule has 0 amide bonds. The van der Waals surface area contributed by atoms with Gasteiger partial charge in [-0.05, 0) is 19.4 Å². The van der Waals surface area contributed by atoms with Gasteiger partial charge in [-0.15, -0.1) is 0 Å². The lowest BCUT2D eigenvalue weighted by molar-refractivity contribution is 0.687. The van der Waals surface area contributed by atoms with E-state index in [1.54, 1.807) is 5.57 Å². The third-order valence-corrected chi connectivity index (χ3v) is 1.56. The van der Waals surface area contributed by atoms with Crippen molar-refractivity contribution in [1.82, 2.24) is 5.32 Å². The highest BCUT2D eigenvalue weighted by Crippen LogP contribution is 2.03. The van der Waals surface area contributed by atoms with E-state index in [4.69, 9.17) is 0 Å². The first-order chi connectivity index (χ1) is 4.93. The molecule has 0 aromatic carbocycles. The summed E-state index contributed by atoms with van der Waals surface area (Å²) in [6, 6.07) is 0. The molecule has 1 N–H and O–H groups in total. The molecule has 0 spiro atoms. The van der Waals surface area contributed by atoms with Gasteiger partial charge in [0.1, 0.15) is 0 Å². The summed E-state index contributed by atoms with van der Waals surface area (Å²) in [7, 11) is 0. The van der Waals surface area contributed by atoms with E-state index in [-0.39, 0.29) is 0 Å². The summed E-state index contributed by atoms with van der Waals surface area (Å²) in [6.07, 6.45) is 4.78. The van der Waals surface area contributed by atoms with Gasteiger partial charge >= 0.3 is 0 Å². The second-order valence-corrected chi connectivity index (χ2v) is 2.18. The van der Waals surface area contributed by atoms with Gasteiger partial charge in [-0.1, -0.05) is 32.4 Å². The van der Waals surface area contributed by atoms with Crippen LogP contribution in [0.1, 0.15) is 33.6 Å². The maximum absolute atomic E-state index is 3.32. The predicted molar refractivity (Wildman–Crippen MR) is 47.2 cm³/mol. The highest BCUT2D eigenvalue weighted by molar-refractivity contribution is 5.06. The Labute approximate surface area is 64.5 Å². The summed E-state index contributed by atoms with van der Waals surface area (Å²) in [4.78, 5) is 0. The van der Waals surface area contributed by atoms with Crippen LogP contribution in [0.3, 0.4) is 0 Å². The normalized spacial score (nSPS) is 16.9. The van der Waals surface area contributed by atoms with E-state index in [0.717, 1.165) is 6.54 Å². The molecule has 0 aromatic heterocycles. The Morgan fingerprint density at radius 2 is 2.20 bits per heavy atom. The Morgan fingerprint density at radius 3 is 2.50 bits per heavy atom. The van der Waals surface area contributed by atoms with Crippen LogP contribution in [0.2, 0.25) is 0 Å². The van der Waals surface area contributed by atoms with Crippen molar-refractivity contribution in [3.63, 3.8) is 0 Å². The third-order valence-electron chi connectivity index (χ3n) is 1.56. The molecule has 1 rings (SSSR count). The molecule has 1 heteroatoms. The molecule has 0 atom stereocenters. The first kappa shape index (κ1) is 9.70. The summed E-state index contributed by atoms with van der Waals surface area (Å²) in [5.41, 5.74) is 1.57. The van der Waals surface area contributed by atoms with Crippen molar-refractivity contribution >= 4 is 0 Å². The predicted octanol–water partition coefficient (Wildman–Crippen LogP) is 2.34. The van der Waals surface area contributed by atoms with Gasteiger partial charge in [0.05, 0.1) is 0 Å². The lowest BCUT2D eigenvalue weighted by atomic mass is 10.1. The van der Waals surface area contributed by atoms with Crippen molar-refractivity contribution in [3.05, 3.63) is 11.6 Å². The largest absolute Gasteiger partial charge is 0.313 e. The highest BCUT2D eigenvalue weighted by atomic mass is 14.9. The van der Waals surface area contributed by atoms with Gasteiger partial charge < -0.3 is 5.32 Å². The average molecular weight is 141 g/mol. The van der Waals surface area contributed by atoms with E-state index in [2.05, 4.69) is 18.3 Å². The second-order valence-electron chi connectivity index (χ2n) is 2.18. The lowest BCUT2D eigenvalue weighted by Gasteiger charge is -2.11. The van der Waals surface area contributed by atoms with Gasteiger partial charge in [0, 0.05) is 6.54 Å². The van der Waals surface area contributed by atoms with Crippen LogP contribution in [0.5, 0.6) is 0 Å². The molecule has 10 heavy (non-hydrogen) atoms. The number of hydrogen-bond donors (Lipinski definition) is 1. The monoisotopic (exact) mass is 141 g/mol. The number of hydrogen-bond acceptors (Lipinski definition) is 1. The van der Waals surface area contributed by atoms with E-state index in [0.29, 0.717) is 0 Å². The van der Waals surface area contributed by atoms with E-state index < -0.39 is 0 Å². The molecule has 0 unspecified atom stereocenters. The fourth-order valence-electron chi connectivity index (χ4n) is 0.969. The molecule has 1 nitrogen and oxygen atoms in total. The molecular formula is C9H19N. The van der Waals surface area contributed by atoms with Gasteiger partial charge in [-0.25, -0.2) is 0 Å². The van der Waals surface area contributed by atoms with Crippen LogP contribution in [-0.4, -0.2) is 13.1 Å². The van der Waals surface area contributed by atoms with E-state index in [1.165, 1.54) is 19.4 Å². The molecule has 60 valence electrons. The van der Waals surface area contributed by atoms with Crippen molar-refractivity contribution < 1.29 is 0 Å². The zero-order chi connectivity index (χ0) is 7.82. The number of nitrogens with one attached hydrogen (secondary N) is 1. The van der Waals surface area contributed by atoms with Crippen LogP contribution >= 0.6 is 0 Å². The highest BCUT2D eigenvalue weighted by Gasteiger charge is 1.97. The van der Waals surface area contributed by atoms with Gasteiger partial charge in [0.2, 0.25) is 0 Å². The molecular weight excluding hydrogens is 122 g/mol. The Kier molecular flexibility index (Phi) is 6.61.